The van der Waals surface area contributed by atoms with Crippen LogP contribution in [0.4, 0.5) is 26.3 Å². The van der Waals surface area contributed by atoms with E-state index in [4.69, 9.17) is 10.1 Å². The molecule has 1 aliphatic rings. The van der Waals surface area contributed by atoms with Gasteiger partial charge in [0.1, 0.15) is 23.2 Å². The van der Waals surface area contributed by atoms with Crippen LogP contribution in [0.3, 0.4) is 0 Å². The van der Waals surface area contributed by atoms with Gasteiger partial charge in [-0.05, 0) is 30.9 Å². The van der Waals surface area contributed by atoms with Crippen LogP contribution in [0.1, 0.15) is 47.6 Å². The van der Waals surface area contributed by atoms with Gasteiger partial charge in [-0.1, -0.05) is 18.2 Å². The third kappa shape index (κ3) is 5.07. The van der Waals surface area contributed by atoms with Crippen LogP contribution in [-0.4, -0.2) is 52.2 Å². The third-order valence-corrected chi connectivity index (χ3v) is 7.47. The van der Waals surface area contributed by atoms with E-state index in [1.807, 2.05) is 0 Å². The summed E-state index contributed by atoms with van der Waals surface area (Å²) in [6.07, 6.45) is -5.64. The van der Waals surface area contributed by atoms with Gasteiger partial charge in [-0.2, -0.15) is 13.2 Å². The minimum absolute atomic E-state index is 0.0107. The summed E-state index contributed by atoms with van der Waals surface area (Å²) < 4.78 is 90.2. The molecule has 0 radical (unpaired) electrons. The van der Waals surface area contributed by atoms with Gasteiger partial charge in [-0.25, -0.2) is 38.1 Å². The average molecular weight is 618 g/mol. The van der Waals surface area contributed by atoms with E-state index >= 15 is 0 Å². The fourth-order valence-electron chi connectivity index (χ4n) is 5.24. The standard InChI is InChI=1S/C28H25F6N9O/c1-13-8-14(4-7-16(13)24-39-18(11-41(24)2)28(32,33)34)10-42-25-17(43(27(42)35)22(31)21(29)30)9-36-23(40-25)19-20(15-5-6-15)37-12-38-26(19)44-3/h4,7-9,11-12,15,21-22,35H,5-6,10H2,1-3H3. The van der Waals surface area contributed by atoms with Crippen LogP contribution >= 0.6 is 0 Å². The summed E-state index contributed by atoms with van der Waals surface area (Å²) >= 11 is 0. The average Bonchev–Trinajstić information content (AvgIpc) is 3.70. The topological polar surface area (TPSA) is 112 Å². The maximum Gasteiger partial charge on any atom is 0.434 e. The number of hydrogen-bond acceptors (Lipinski definition) is 7. The minimum Gasteiger partial charge on any atom is -0.480 e. The SMILES string of the molecule is COc1ncnc(C2CC2)c1-c1ncc2c(n1)n(Cc1ccc(-c3nc(C(F)(F)F)cn3C)c(C)c1)c(=N)n2C(F)C(F)F. The van der Waals surface area contributed by atoms with Gasteiger partial charge in [-0.15, -0.1) is 0 Å². The van der Waals surface area contributed by atoms with Gasteiger partial charge in [0, 0.05) is 24.7 Å². The Balaban J connectivity index is 1.46. The zero-order chi connectivity index (χ0) is 31.5. The molecule has 5 aromatic rings. The molecule has 1 fully saturated rings. The number of benzene rings is 1. The zero-order valence-corrected chi connectivity index (χ0v) is 23.6. The quantitative estimate of drug-likeness (QED) is 0.228. The number of halogens is 6. The first-order valence-electron chi connectivity index (χ1n) is 13.4. The molecule has 0 spiro atoms. The van der Waals surface area contributed by atoms with Crippen molar-refractivity contribution >= 4 is 11.2 Å². The number of ether oxygens (including phenoxy) is 1. The number of aromatic nitrogens is 8. The van der Waals surface area contributed by atoms with Crippen molar-refractivity contribution in [2.24, 2.45) is 7.05 Å². The Morgan fingerprint density at radius 2 is 1.84 bits per heavy atom. The van der Waals surface area contributed by atoms with Gasteiger partial charge in [-0.3, -0.25) is 14.5 Å². The van der Waals surface area contributed by atoms with Gasteiger partial charge in [0.05, 0.1) is 25.5 Å². The predicted molar refractivity (Wildman–Crippen MR) is 145 cm³/mol. The van der Waals surface area contributed by atoms with Crippen LogP contribution in [0.2, 0.25) is 0 Å². The molecule has 1 aliphatic carbocycles. The van der Waals surface area contributed by atoms with Crippen molar-refractivity contribution in [1.29, 1.82) is 5.41 Å². The molecule has 44 heavy (non-hydrogen) atoms. The van der Waals surface area contributed by atoms with Crippen molar-refractivity contribution in [3.8, 4) is 28.7 Å². The number of hydrogen-bond donors (Lipinski definition) is 1. The third-order valence-electron chi connectivity index (χ3n) is 7.47. The maximum absolute atomic E-state index is 14.8. The smallest absolute Gasteiger partial charge is 0.434 e. The molecule has 0 aliphatic heterocycles. The van der Waals surface area contributed by atoms with E-state index in [-0.39, 0.29) is 41.2 Å². The lowest BCUT2D eigenvalue weighted by Crippen LogP contribution is -2.29. The summed E-state index contributed by atoms with van der Waals surface area (Å²) in [6.45, 7) is 1.59. The summed E-state index contributed by atoms with van der Waals surface area (Å²) in [5.74, 6) is 0.582. The molecule has 4 aromatic heterocycles. The Kier molecular flexibility index (Phi) is 7.16. The summed E-state index contributed by atoms with van der Waals surface area (Å²) in [6, 6.07) is 4.87. The monoisotopic (exact) mass is 617 g/mol. The molecular weight excluding hydrogens is 592 g/mol. The lowest BCUT2D eigenvalue weighted by atomic mass is 10.0. The van der Waals surface area contributed by atoms with E-state index in [2.05, 4.69) is 24.9 Å². The van der Waals surface area contributed by atoms with Crippen LogP contribution in [-0.2, 0) is 19.8 Å². The molecule has 1 saturated carbocycles. The number of fused-ring (bicyclic) bond motifs is 1. The summed E-state index contributed by atoms with van der Waals surface area (Å²) in [4.78, 5) is 21.2. The molecule has 0 bridgehead atoms. The van der Waals surface area contributed by atoms with Crippen LogP contribution in [0.15, 0.2) is 36.9 Å². The Morgan fingerprint density at radius 1 is 1.09 bits per heavy atom. The van der Waals surface area contributed by atoms with E-state index < -0.39 is 30.2 Å². The molecule has 0 amide bonds. The van der Waals surface area contributed by atoms with Crippen LogP contribution < -0.4 is 10.4 Å². The largest absolute Gasteiger partial charge is 0.480 e. The fourth-order valence-corrected chi connectivity index (χ4v) is 5.24. The van der Waals surface area contributed by atoms with Gasteiger partial charge >= 0.3 is 6.18 Å². The molecule has 1 N–H and O–H groups in total. The van der Waals surface area contributed by atoms with Crippen LogP contribution in [0.5, 0.6) is 5.88 Å². The highest BCUT2D eigenvalue weighted by Gasteiger charge is 2.35. The number of nitrogens with one attached hydrogen (secondary N) is 1. The summed E-state index contributed by atoms with van der Waals surface area (Å²) in [5, 5.41) is 8.66. The lowest BCUT2D eigenvalue weighted by Gasteiger charge is -2.12. The van der Waals surface area contributed by atoms with Gasteiger partial charge < -0.3 is 9.30 Å². The Bertz CT molecular complexity index is 1940. The second-order valence-corrected chi connectivity index (χ2v) is 10.5. The zero-order valence-electron chi connectivity index (χ0n) is 23.6. The lowest BCUT2D eigenvalue weighted by molar-refractivity contribution is -0.140. The van der Waals surface area contributed by atoms with Gasteiger partial charge in [0.2, 0.25) is 17.8 Å². The number of alkyl halides is 6. The normalized spacial score (nSPS) is 14.5. The van der Waals surface area contributed by atoms with Crippen molar-refractivity contribution in [2.45, 2.75) is 51.1 Å². The Hall–Kier alpha value is -4.76. The number of aryl methyl sites for hydroxylation is 2. The molecule has 4 heterocycles. The van der Waals surface area contributed by atoms with Crippen molar-refractivity contribution in [3.05, 3.63) is 65.1 Å². The van der Waals surface area contributed by atoms with E-state index in [1.54, 1.807) is 25.1 Å². The van der Waals surface area contributed by atoms with Crippen molar-refractivity contribution in [2.75, 3.05) is 7.11 Å². The molecular formula is C28H25F6N9O. The highest BCUT2D eigenvalue weighted by molar-refractivity contribution is 5.76. The number of rotatable bonds is 8. The highest BCUT2D eigenvalue weighted by atomic mass is 19.4. The van der Waals surface area contributed by atoms with Crippen molar-refractivity contribution < 1.29 is 31.1 Å². The van der Waals surface area contributed by atoms with Gasteiger partial charge in [0.25, 0.3) is 6.43 Å². The van der Waals surface area contributed by atoms with E-state index in [0.29, 0.717) is 32.5 Å². The maximum atomic E-state index is 14.8. The van der Waals surface area contributed by atoms with Crippen molar-refractivity contribution in [3.63, 3.8) is 0 Å². The molecule has 1 unspecified atom stereocenters. The molecule has 0 saturated heterocycles. The second kappa shape index (κ2) is 10.7. The molecule has 1 atom stereocenters. The van der Waals surface area contributed by atoms with E-state index in [9.17, 15) is 26.3 Å². The van der Waals surface area contributed by atoms with E-state index in [0.717, 1.165) is 19.0 Å². The Labute approximate surface area is 245 Å². The Morgan fingerprint density at radius 3 is 2.45 bits per heavy atom. The van der Waals surface area contributed by atoms with Gasteiger partial charge in [0.15, 0.2) is 17.2 Å². The molecule has 1 aromatic carbocycles. The fraction of sp³-hybridized carbons (Fsp3) is 0.357. The minimum atomic E-state index is -4.61. The van der Waals surface area contributed by atoms with E-state index in [1.165, 1.54) is 35.8 Å². The first kappa shape index (κ1) is 29.3. The first-order chi connectivity index (χ1) is 20.9. The first-order valence-corrected chi connectivity index (χ1v) is 13.4. The van der Waals surface area contributed by atoms with Crippen molar-refractivity contribution in [1.82, 2.24) is 38.6 Å². The molecule has 10 nitrogen and oxygen atoms in total. The summed E-state index contributed by atoms with van der Waals surface area (Å²) in [7, 11) is 2.88. The molecule has 230 valence electrons. The molecule has 6 rings (SSSR count). The van der Waals surface area contributed by atoms with Crippen LogP contribution in [0.25, 0.3) is 33.9 Å². The summed E-state index contributed by atoms with van der Waals surface area (Å²) in [5.41, 5.74) is 0.934. The number of imidazole rings is 2. The molecule has 16 heteroatoms. The van der Waals surface area contributed by atoms with Crippen LogP contribution in [0, 0.1) is 12.3 Å². The second-order valence-electron chi connectivity index (χ2n) is 10.5. The highest BCUT2D eigenvalue weighted by Crippen LogP contribution is 2.45. The number of methoxy groups -OCH3 is 1. The number of nitrogens with zero attached hydrogens (tertiary/aromatic N) is 8. The predicted octanol–water partition coefficient (Wildman–Crippen LogP) is 5.56.